The van der Waals surface area contributed by atoms with Gasteiger partial charge in [-0.25, -0.2) is 0 Å². The summed E-state index contributed by atoms with van der Waals surface area (Å²) in [5.74, 6) is 0.0384. The molecule has 0 fully saturated rings. The summed E-state index contributed by atoms with van der Waals surface area (Å²) in [5.41, 5.74) is 4.94. The van der Waals surface area contributed by atoms with Gasteiger partial charge in [-0.05, 0) is 19.3 Å². The Balaban J connectivity index is 4.21. The largest absolute Gasteiger partial charge is 0.354 e. The summed E-state index contributed by atoms with van der Waals surface area (Å²) in [4.78, 5) is 24.8. The van der Waals surface area contributed by atoms with Crippen molar-refractivity contribution in [1.82, 2.24) is 10.2 Å². The molecule has 0 bridgehead atoms. The first-order valence-electron chi connectivity index (χ1n) is 6.01. The van der Waals surface area contributed by atoms with E-state index in [0.717, 1.165) is 0 Å². The summed E-state index contributed by atoms with van der Waals surface area (Å²) in [6.07, 6.45) is 0.545. The number of rotatable bonds is 6. The minimum absolute atomic E-state index is 0.0539. The molecule has 17 heavy (non-hydrogen) atoms. The lowest BCUT2D eigenvalue weighted by Gasteiger charge is -2.27. The maximum Gasteiger partial charge on any atom is 0.242 e. The van der Waals surface area contributed by atoms with E-state index in [1.54, 1.807) is 14.0 Å². The van der Waals surface area contributed by atoms with Crippen molar-refractivity contribution in [2.24, 2.45) is 11.7 Å². The van der Waals surface area contributed by atoms with Crippen molar-refractivity contribution >= 4 is 11.8 Å². The van der Waals surface area contributed by atoms with Gasteiger partial charge in [-0.1, -0.05) is 20.8 Å². The zero-order chi connectivity index (χ0) is 13.6. The van der Waals surface area contributed by atoms with Crippen molar-refractivity contribution in [2.75, 3.05) is 20.1 Å². The molecule has 0 aliphatic heterocycles. The van der Waals surface area contributed by atoms with Gasteiger partial charge in [0.1, 0.15) is 0 Å². The molecular formula is C12H25N3O2. The van der Waals surface area contributed by atoms with Crippen LogP contribution in [0.25, 0.3) is 0 Å². The molecule has 0 aliphatic carbocycles. The van der Waals surface area contributed by atoms with E-state index >= 15 is 0 Å². The second kappa shape index (κ2) is 6.59. The van der Waals surface area contributed by atoms with Gasteiger partial charge in [0.2, 0.25) is 11.8 Å². The Morgan fingerprint density at radius 1 is 1.41 bits per heavy atom. The van der Waals surface area contributed by atoms with Gasteiger partial charge >= 0.3 is 0 Å². The molecule has 0 aromatic heterocycles. The van der Waals surface area contributed by atoms with E-state index in [1.807, 2.05) is 20.8 Å². The van der Waals surface area contributed by atoms with Crippen molar-refractivity contribution in [3.63, 3.8) is 0 Å². The molecule has 1 unspecified atom stereocenters. The van der Waals surface area contributed by atoms with Gasteiger partial charge in [0, 0.05) is 13.6 Å². The summed E-state index contributed by atoms with van der Waals surface area (Å²) in [5, 5.41) is 2.76. The Labute approximate surface area is 104 Å². The van der Waals surface area contributed by atoms with Gasteiger partial charge in [-0.3, -0.25) is 9.59 Å². The minimum atomic E-state index is -0.896. The van der Waals surface area contributed by atoms with Crippen molar-refractivity contribution in [3.8, 4) is 0 Å². The van der Waals surface area contributed by atoms with Crippen LogP contribution in [0.4, 0.5) is 0 Å². The second-order valence-electron chi connectivity index (χ2n) is 5.13. The highest BCUT2D eigenvalue weighted by atomic mass is 16.2. The predicted octanol–water partition coefficient (Wildman–Crippen LogP) is 0.344. The molecule has 100 valence electrons. The monoisotopic (exact) mass is 243 g/mol. The molecule has 0 saturated heterocycles. The summed E-state index contributed by atoms with van der Waals surface area (Å²) in [7, 11) is 1.60. The Hall–Kier alpha value is -1.10. The first-order chi connectivity index (χ1) is 7.70. The van der Waals surface area contributed by atoms with Crippen LogP contribution in [0.2, 0.25) is 0 Å². The maximum atomic E-state index is 11.9. The number of carbonyl (C=O) groups excluding carboxylic acids is 2. The van der Waals surface area contributed by atoms with Gasteiger partial charge in [0.15, 0.2) is 0 Å². The smallest absolute Gasteiger partial charge is 0.242 e. The highest BCUT2D eigenvalue weighted by molar-refractivity contribution is 5.89. The van der Waals surface area contributed by atoms with Crippen LogP contribution in [-0.2, 0) is 9.59 Å². The third-order valence-electron chi connectivity index (χ3n) is 2.66. The fraction of sp³-hybridized carbons (Fsp3) is 0.833. The average Bonchev–Trinajstić information content (AvgIpc) is 2.25. The number of nitrogens with zero attached hydrogens (tertiary/aromatic N) is 1. The molecular weight excluding hydrogens is 218 g/mol. The van der Waals surface area contributed by atoms with Crippen molar-refractivity contribution in [1.29, 1.82) is 0 Å². The molecule has 0 aliphatic rings. The van der Waals surface area contributed by atoms with Crippen molar-refractivity contribution < 1.29 is 9.59 Å². The Bertz CT molecular complexity index is 275. The van der Waals surface area contributed by atoms with Gasteiger partial charge in [-0.2, -0.15) is 0 Å². The third kappa shape index (κ3) is 5.68. The minimum Gasteiger partial charge on any atom is -0.354 e. The molecule has 0 radical (unpaired) electrons. The quantitative estimate of drug-likeness (QED) is 0.706. The molecule has 0 aromatic carbocycles. The van der Waals surface area contributed by atoms with Crippen LogP contribution in [0.5, 0.6) is 0 Å². The first kappa shape index (κ1) is 15.9. The number of nitrogens with two attached hydrogens (primary N) is 1. The highest BCUT2D eigenvalue weighted by Crippen LogP contribution is 2.08. The SMILES string of the molecule is CCC(C)(N)C(=O)N(C)CC(=O)NCC(C)C. The molecule has 1 atom stereocenters. The van der Waals surface area contributed by atoms with Gasteiger partial charge in [0.05, 0.1) is 12.1 Å². The van der Waals surface area contributed by atoms with E-state index in [-0.39, 0.29) is 18.4 Å². The van der Waals surface area contributed by atoms with Crippen molar-refractivity contribution in [3.05, 3.63) is 0 Å². The van der Waals surface area contributed by atoms with Crippen LogP contribution in [0.15, 0.2) is 0 Å². The van der Waals surface area contributed by atoms with E-state index in [4.69, 9.17) is 5.73 Å². The maximum absolute atomic E-state index is 11.9. The molecule has 0 saturated carbocycles. The zero-order valence-electron chi connectivity index (χ0n) is 11.5. The Kier molecular flexibility index (Phi) is 6.16. The van der Waals surface area contributed by atoms with Crippen molar-refractivity contribution in [2.45, 2.75) is 39.7 Å². The van der Waals surface area contributed by atoms with Crippen LogP contribution < -0.4 is 11.1 Å². The van der Waals surface area contributed by atoms with Crippen LogP contribution in [0.1, 0.15) is 34.1 Å². The molecule has 5 heteroatoms. The first-order valence-corrected chi connectivity index (χ1v) is 6.01. The summed E-state index contributed by atoms with van der Waals surface area (Å²) < 4.78 is 0. The normalized spacial score (nSPS) is 14.3. The van der Waals surface area contributed by atoms with Crippen LogP contribution >= 0.6 is 0 Å². The van der Waals surface area contributed by atoms with Gasteiger partial charge < -0.3 is 16.0 Å². The standard InChI is InChI=1S/C12H25N3O2/c1-6-12(4,13)11(17)15(5)8-10(16)14-7-9(2)3/h9H,6-8,13H2,1-5H3,(H,14,16). The number of carbonyl (C=O) groups is 2. The lowest BCUT2D eigenvalue weighted by molar-refractivity contribution is -0.138. The Morgan fingerprint density at radius 3 is 2.35 bits per heavy atom. The molecule has 0 spiro atoms. The molecule has 0 aromatic rings. The zero-order valence-corrected chi connectivity index (χ0v) is 11.5. The van der Waals surface area contributed by atoms with E-state index in [0.29, 0.717) is 18.9 Å². The molecule has 0 heterocycles. The van der Waals surface area contributed by atoms with Crippen LogP contribution in [0, 0.1) is 5.92 Å². The molecule has 5 nitrogen and oxygen atoms in total. The molecule has 2 amide bonds. The molecule has 0 rings (SSSR count). The number of nitrogens with one attached hydrogen (secondary N) is 1. The summed E-state index contributed by atoms with van der Waals surface area (Å²) in [6, 6.07) is 0. The van der Waals surface area contributed by atoms with E-state index < -0.39 is 5.54 Å². The van der Waals surface area contributed by atoms with E-state index in [2.05, 4.69) is 5.32 Å². The highest BCUT2D eigenvalue weighted by Gasteiger charge is 2.29. The number of hydrogen-bond donors (Lipinski definition) is 2. The third-order valence-corrected chi connectivity index (χ3v) is 2.66. The predicted molar refractivity (Wildman–Crippen MR) is 68.4 cm³/mol. The number of amides is 2. The topological polar surface area (TPSA) is 75.4 Å². The fourth-order valence-electron chi connectivity index (χ4n) is 1.25. The van der Waals surface area contributed by atoms with Crippen LogP contribution in [-0.4, -0.2) is 42.4 Å². The molecule has 3 N–H and O–H groups in total. The number of hydrogen-bond acceptors (Lipinski definition) is 3. The van der Waals surface area contributed by atoms with Crippen LogP contribution in [0.3, 0.4) is 0 Å². The fourth-order valence-corrected chi connectivity index (χ4v) is 1.25. The van der Waals surface area contributed by atoms with Gasteiger partial charge in [0.25, 0.3) is 0 Å². The summed E-state index contributed by atoms with van der Waals surface area (Å²) >= 11 is 0. The van der Waals surface area contributed by atoms with E-state index in [9.17, 15) is 9.59 Å². The number of likely N-dealkylation sites (N-methyl/N-ethyl adjacent to an activating group) is 1. The summed E-state index contributed by atoms with van der Waals surface area (Å²) in [6.45, 7) is 8.24. The Morgan fingerprint density at radius 2 is 1.94 bits per heavy atom. The lowest BCUT2D eigenvalue weighted by Crippen LogP contribution is -2.53. The second-order valence-corrected chi connectivity index (χ2v) is 5.13. The van der Waals surface area contributed by atoms with E-state index in [1.165, 1.54) is 4.90 Å². The average molecular weight is 243 g/mol. The van der Waals surface area contributed by atoms with Gasteiger partial charge in [-0.15, -0.1) is 0 Å². The lowest BCUT2D eigenvalue weighted by atomic mass is 9.99.